The Balaban J connectivity index is 1.72. The van der Waals surface area contributed by atoms with Gasteiger partial charge >= 0.3 is 0 Å². The Labute approximate surface area is 146 Å². The summed E-state index contributed by atoms with van der Waals surface area (Å²) in [6, 6.07) is 12.6. The molecule has 1 aliphatic rings. The van der Waals surface area contributed by atoms with Crippen LogP contribution in [-0.2, 0) is 10.0 Å². The van der Waals surface area contributed by atoms with Crippen molar-refractivity contribution in [2.45, 2.75) is 17.9 Å². The van der Waals surface area contributed by atoms with Crippen LogP contribution in [0.1, 0.15) is 18.5 Å². The molecule has 0 spiro atoms. The number of sulfonamides is 1. The quantitative estimate of drug-likeness (QED) is 0.835. The molecule has 0 unspecified atom stereocenters. The summed E-state index contributed by atoms with van der Waals surface area (Å²) in [5.74, 6) is -1.70. The third-order valence-corrected chi connectivity index (χ3v) is 6.53. The van der Waals surface area contributed by atoms with Crippen molar-refractivity contribution in [2.24, 2.45) is 0 Å². The van der Waals surface area contributed by atoms with Gasteiger partial charge in [-0.1, -0.05) is 30.3 Å². The Morgan fingerprint density at radius 2 is 1.60 bits per heavy atom. The van der Waals surface area contributed by atoms with Crippen molar-refractivity contribution in [3.05, 3.63) is 65.7 Å². The third-order valence-electron chi connectivity index (χ3n) is 4.61. The second-order valence-electron chi connectivity index (χ2n) is 6.10. The lowest BCUT2D eigenvalue weighted by molar-refractivity contribution is 0.145. The third kappa shape index (κ3) is 3.73. The molecule has 1 saturated heterocycles. The number of piperazine rings is 1. The Bertz CT molecular complexity index is 835. The van der Waals surface area contributed by atoms with Gasteiger partial charge in [0.05, 0.1) is 0 Å². The zero-order chi connectivity index (χ0) is 18.0. The van der Waals surface area contributed by atoms with E-state index in [1.165, 1.54) is 4.31 Å². The molecule has 0 amide bonds. The monoisotopic (exact) mass is 366 g/mol. The van der Waals surface area contributed by atoms with Gasteiger partial charge in [-0.15, -0.1) is 0 Å². The number of rotatable bonds is 4. The van der Waals surface area contributed by atoms with Gasteiger partial charge in [-0.05, 0) is 30.7 Å². The van der Waals surface area contributed by atoms with Gasteiger partial charge in [-0.3, -0.25) is 4.90 Å². The average molecular weight is 366 g/mol. The standard InChI is InChI=1S/C18H20F2N2O2S/c1-14(15-5-3-2-4-6-15)21-9-11-22(12-10-21)25(23,24)18-13-16(19)7-8-17(18)20/h2-8,13-14H,9-12H2,1H3/t14-/m0/s1. The molecule has 0 aromatic heterocycles. The summed E-state index contributed by atoms with van der Waals surface area (Å²) in [5, 5.41) is 0. The zero-order valence-corrected chi connectivity index (χ0v) is 14.7. The molecular weight excluding hydrogens is 346 g/mol. The lowest BCUT2D eigenvalue weighted by Gasteiger charge is -2.37. The maximum atomic E-state index is 13.9. The zero-order valence-electron chi connectivity index (χ0n) is 13.9. The van der Waals surface area contributed by atoms with E-state index in [2.05, 4.69) is 11.8 Å². The Morgan fingerprint density at radius 3 is 2.24 bits per heavy atom. The largest absolute Gasteiger partial charge is 0.294 e. The van der Waals surface area contributed by atoms with E-state index in [0.717, 1.165) is 23.8 Å². The van der Waals surface area contributed by atoms with Gasteiger partial charge in [0.25, 0.3) is 0 Å². The first-order valence-electron chi connectivity index (χ1n) is 8.14. The van der Waals surface area contributed by atoms with Crippen molar-refractivity contribution in [2.75, 3.05) is 26.2 Å². The topological polar surface area (TPSA) is 40.6 Å². The van der Waals surface area contributed by atoms with Gasteiger partial charge in [0.15, 0.2) is 0 Å². The number of benzene rings is 2. The number of halogens is 2. The second-order valence-corrected chi connectivity index (χ2v) is 8.01. The fraction of sp³-hybridized carbons (Fsp3) is 0.333. The van der Waals surface area contributed by atoms with Crippen molar-refractivity contribution < 1.29 is 17.2 Å². The van der Waals surface area contributed by atoms with Gasteiger partial charge in [-0.25, -0.2) is 17.2 Å². The molecule has 134 valence electrons. The maximum absolute atomic E-state index is 13.9. The van der Waals surface area contributed by atoms with Gasteiger partial charge in [0.1, 0.15) is 16.5 Å². The molecule has 2 aromatic carbocycles. The number of hydrogen-bond acceptors (Lipinski definition) is 3. The molecule has 1 atom stereocenters. The summed E-state index contributed by atoms with van der Waals surface area (Å²) in [7, 11) is -4.04. The fourth-order valence-electron chi connectivity index (χ4n) is 3.09. The van der Waals surface area contributed by atoms with Crippen LogP contribution in [0.2, 0.25) is 0 Å². The lowest BCUT2D eigenvalue weighted by atomic mass is 10.1. The SMILES string of the molecule is C[C@@H](c1ccccc1)N1CCN(S(=O)(=O)c2cc(F)ccc2F)CC1. The van der Waals surface area contributed by atoms with Crippen LogP contribution in [0.25, 0.3) is 0 Å². The fourth-order valence-corrected chi connectivity index (χ4v) is 4.59. The van der Waals surface area contributed by atoms with Crippen LogP contribution in [-0.4, -0.2) is 43.8 Å². The van der Waals surface area contributed by atoms with E-state index in [4.69, 9.17) is 0 Å². The summed E-state index contributed by atoms with van der Waals surface area (Å²) in [6.45, 7) is 3.63. The summed E-state index contributed by atoms with van der Waals surface area (Å²) in [6.07, 6.45) is 0. The van der Waals surface area contributed by atoms with E-state index >= 15 is 0 Å². The average Bonchev–Trinajstić information content (AvgIpc) is 2.64. The molecule has 3 rings (SSSR count). The first-order chi connectivity index (χ1) is 11.9. The molecule has 1 aliphatic heterocycles. The predicted octanol–water partition coefficient (Wildman–Crippen LogP) is 3.03. The molecule has 0 aliphatic carbocycles. The highest BCUT2D eigenvalue weighted by atomic mass is 32.2. The molecule has 1 heterocycles. The van der Waals surface area contributed by atoms with Crippen LogP contribution >= 0.6 is 0 Å². The summed E-state index contributed by atoms with van der Waals surface area (Å²) in [5.41, 5.74) is 1.16. The summed E-state index contributed by atoms with van der Waals surface area (Å²) < 4.78 is 53.6. The van der Waals surface area contributed by atoms with E-state index in [9.17, 15) is 17.2 Å². The van der Waals surface area contributed by atoms with Gasteiger partial charge in [0, 0.05) is 32.2 Å². The van der Waals surface area contributed by atoms with Crippen molar-refractivity contribution in [3.8, 4) is 0 Å². The first kappa shape index (κ1) is 18.0. The highest BCUT2D eigenvalue weighted by Crippen LogP contribution is 2.25. The molecule has 4 nitrogen and oxygen atoms in total. The molecule has 25 heavy (non-hydrogen) atoms. The van der Waals surface area contributed by atoms with Crippen LogP contribution in [0.4, 0.5) is 8.78 Å². The van der Waals surface area contributed by atoms with E-state index in [1.54, 1.807) is 0 Å². The van der Waals surface area contributed by atoms with E-state index in [0.29, 0.717) is 13.1 Å². The smallest absolute Gasteiger partial charge is 0.246 e. The highest BCUT2D eigenvalue weighted by Gasteiger charge is 2.32. The number of nitrogens with zero attached hydrogens (tertiary/aromatic N) is 2. The first-order valence-corrected chi connectivity index (χ1v) is 9.58. The van der Waals surface area contributed by atoms with Crippen molar-refractivity contribution in [1.82, 2.24) is 9.21 Å². The normalized spacial score (nSPS) is 18.2. The molecule has 0 bridgehead atoms. The van der Waals surface area contributed by atoms with Crippen LogP contribution in [0, 0.1) is 11.6 Å². The van der Waals surface area contributed by atoms with Crippen LogP contribution in [0.15, 0.2) is 53.4 Å². The van der Waals surface area contributed by atoms with Gasteiger partial charge in [0.2, 0.25) is 10.0 Å². The minimum absolute atomic E-state index is 0.164. The Hall–Kier alpha value is -1.83. The van der Waals surface area contributed by atoms with Crippen LogP contribution in [0.3, 0.4) is 0 Å². The van der Waals surface area contributed by atoms with Crippen LogP contribution < -0.4 is 0 Å². The number of hydrogen-bond donors (Lipinski definition) is 0. The molecule has 7 heteroatoms. The molecule has 1 fully saturated rings. The van der Waals surface area contributed by atoms with Crippen LogP contribution in [0.5, 0.6) is 0 Å². The molecule has 0 saturated carbocycles. The predicted molar refractivity (Wildman–Crippen MR) is 91.5 cm³/mol. The minimum Gasteiger partial charge on any atom is -0.294 e. The van der Waals surface area contributed by atoms with E-state index in [-0.39, 0.29) is 19.1 Å². The molecule has 0 radical (unpaired) electrons. The minimum atomic E-state index is -4.04. The van der Waals surface area contributed by atoms with Gasteiger partial charge < -0.3 is 0 Å². The maximum Gasteiger partial charge on any atom is 0.246 e. The Kier molecular flexibility index (Phi) is 5.17. The van der Waals surface area contributed by atoms with E-state index in [1.807, 2.05) is 30.3 Å². The second kappa shape index (κ2) is 7.19. The summed E-state index contributed by atoms with van der Waals surface area (Å²) in [4.78, 5) is 1.58. The molecule has 0 N–H and O–H groups in total. The van der Waals surface area contributed by atoms with E-state index < -0.39 is 26.6 Å². The van der Waals surface area contributed by atoms with Crippen molar-refractivity contribution in [1.29, 1.82) is 0 Å². The Morgan fingerprint density at radius 1 is 0.960 bits per heavy atom. The molecular formula is C18H20F2N2O2S. The lowest BCUT2D eigenvalue weighted by Crippen LogP contribution is -2.49. The van der Waals surface area contributed by atoms with Crippen molar-refractivity contribution in [3.63, 3.8) is 0 Å². The molecule has 2 aromatic rings. The highest BCUT2D eigenvalue weighted by molar-refractivity contribution is 7.89. The summed E-state index contributed by atoms with van der Waals surface area (Å²) >= 11 is 0. The van der Waals surface area contributed by atoms with Crippen molar-refractivity contribution >= 4 is 10.0 Å². The van der Waals surface area contributed by atoms with Gasteiger partial charge in [-0.2, -0.15) is 4.31 Å².